The van der Waals surface area contributed by atoms with Crippen LogP contribution in [0.15, 0.2) is 34.7 Å². The highest BCUT2D eigenvalue weighted by Crippen LogP contribution is 2.30. The summed E-state index contributed by atoms with van der Waals surface area (Å²) in [5.41, 5.74) is 4.26. The van der Waals surface area contributed by atoms with Crippen LogP contribution in [0.5, 0.6) is 5.75 Å². The number of hydrogen-bond acceptors (Lipinski definition) is 8. The van der Waals surface area contributed by atoms with E-state index >= 15 is 0 Å². The summed E-state index contributed by atoms with van der Waals surface area (Å²) in [5, 5.41) is 6.49. The molecule has 0 saturated heterocycles. The van der Waals surface area contributed by atoms with Crippen LogP contribution in [0.1, 0.15) is 31.0 Å². The van der Waals surface area contributed by atoms with E-state index in [1.165, 1.54) is 11.3 Å². The van der Waals surface area contributed by atoms with Gasteiger partial charge in [0.2, 0.25) is 5.13 Å². The van der Waals surface area contributed by atoms with Gasteiger partial charge < -0.3 is 9.47 Å². The molecule has 0 radical (unpaired) electrons. The van der Waals surface area contributed by atoms with Crippen molar-refractivity contribution in [2.24, 2.45) is 11.0 Å². The second-order valence-electron chi connectivity index (χ2n) is 5.76. The van der Waals surface area contributed by atoms with E-state index in [2.05, 4.69) is 15.5 Å². The summed E-state index contributed by atoms with van der Waals surface area (Å²) >= 11 is 1.35. The van der Waals surface area contributed by atoms with E-state index < -0.39 is 0 Å². The molecule has 1 aromatic carbocycles. The molecule has 7 nitrogen and oxygen atoms in total. The lowest BCUT2D eigenvalue weighted by Crippen LogP contribution is -2.09. The third-order valence-corrected chi connectivity index (χ3v) is 4.34. The van der Waals surface area contributed by atoms with Crippen LogP contribution >= 0.6 is 11.3 Å². The molecule has 1 aliphatic carbocycles. The van der Waals surface area contributed by atoms with E-state index in [4.69, 9.17) is 9.47 Å². The maximum absolute atomic E-state index is 11.7. The van der Waals surface area contributed by atoms with Crippen molar-refractivity contribution in [2.75, 3.05) is 12.0 Å². The number of hydrazone groups is 1. The minimum atomic E-state index is -0.301. The predicted octanol–water partition coefficient (Wildman–Crippen LogP) is 3.01. The van der Waals surface area contributed by atoms with Crippen molar-refractivity contribution in [3.8, 4) is 5.75 Å². The van der Waals surface area contributed by atoms with Gasteiger partial charge in [-0.15, -0.1) is 11.3 Å². The van der Waals surface area contributed by atoms with Crippen LogP contribution in [0.4, 0.5) is 5.13 Å². The number of esters is 2. The van der Waals surface area contributed by atoms with E-state index in [9.17, 15) is 9.59 Å². The topological polar surface area (TPSA) is 89.9 Å². The van der Waals surface area contributed by atoms with E-state index in [-0.39, 0.29) is 24.3 Å². The number of carbonyl (C=O) groups is 2. The molecule has 0 aliphatic heterocycles. The van der Waals surface area contributed by atoms with Gasteiger partial charge in [0, 0.05) is 5.38 Å². The van der Waals surface area contributed by atoms with Crippen LogP contribution in [-0.2, 0) is 20.7 Å². The molecule has 1 fully saturated rings. The van der Waals surface area contributed by atoms with Gasteiger partial charge in [0.05, 0.1) is 30.9 Å². The molecule has 8 heteroatoms. The van der Waals surface area contributed by atoms with Crippen molar-refractivity contribution in [2.45, 2.75) is 26.2 Å². The van der Waals surface area contributed by atoms with Gasteiger partial charge in [0.15, 0.2) is 0 Å². The average Bonchev–Trinajstić information content (AvgIpc) is 3.37. The zero-order chi connectivity index (χ0) is 18.4. The maximum Gasteiger partial charge on any atom is 0.314 e. The molecule has 2 aromatic rings. The van der Waals surface area contributed by atoms with Gasteiger partial charge in [-0.25, -0.2) is 4.98 Å². The largest absolute Gasteiger partial charge is 0.466 e. The molecule has 0 spiro atoms. The van der Waals surface area contributed by atoms with Crippen molar-refractivity contribution < 1.29 is 19.1 Å². The average molecular weight is 373 g/mol. The summed E-state index contributed by atoms with van der Waals surface area (Å²) in [6.45, 7) is 2.12. The van der Waals surface area contributed by atoms with Crippen LogP contribution in [-0.4, -0.2) is 29.7 Å². The number of thiazole rings is 1. The summed E-state index contributed by atoms with van der Waals surface area (Å²) in [6, 6.07) is 7.15. The second kappa shape index (κ2) is 8.57. The first-order valence-corrected chi connectivity index (χ1v) is 9.23. The summed E-state index contributed by atoms with van der Waals surface area (Å²) < 4.78 is 10.2. The Morgan fingerprint density at radius 1 is 1.42 bits per heavy atom. The molecule has 1 saturated carbocycles. The number of anilines is 1. The lowest BCUT2D eigenvalue weighted by Gasteiger charge is -2.03. The number of benzene rings is 1. The molecular formula is C18H19N3O4S. The lowest BCUT2D eigenvalue weighted by molar-refractivity contribution is -0.142. The maximum atomic E-state index is 11.7. The van der Waals surface area contributed by atoms with Gasteiger partial charge in [-0.2, -0.15) is 5.10 Å². The van der Waals surface area contributed by atoms with Crippen molar-refractivity contribution in [1.82, 2.24) is 4.98 Å². The zero-order valence-electron chi connectivity index (χ0n) is 14.3. The lowest BCUT2D eigenvalue weighted by atomic mass is 10.2. The third-order valence-electron chi connectivity index (χ3n) is 3.54. The van der Waals surface area contributed by atoms with Gasteiger partial charge in [-0.1, -0.05) is 12.1 Å². The fourth-order valence-corrected chi connectivity index (χ4v) is 2.80. The Hall–Kier alpha value is -2.74. The van der Waals surface area contributed by atoms with Crippen LogP contribution in [0, 0.1) is 5.92 Å². The number of nitrogens with zero attached hydrogens (tertiary/aromatic N) is 2. The molecule has 26 heavy (non-hydrogen) atoms. The minimum absolute atomic E-state index is 0.0581. The van der Waals surface area contributed by atoms with Crippen LogP contribution in [0.3, 0.4) is 0 Å². The Balaban J connectivity index is 1.52. The highest BCUT2D eigenvalue weighted by Gasteiger charge is 2.31. The standard InChI is InChI=1S/C18H19N3O4S/c1-2-24-16(22)9-14-11-26-18(20-14)21-19-10-12-4-3-5-15(8-12)25-17(23)13-6-7-13/h3-5,8,10-11,13H,2,6-7,9H2,1H3,(H,20,21). The highest BCUT2D eigenvalue weighted by molar-refractivity contribution is 7.13. The van der Waals surface area contributed by atoms with Gasteiger partial charge >= 0.3 is 11.9 Å². The number of ether oxygens (including phenoxy) is 2. The van der Waals surface area contributed by atoms with Gasteiger partial charge in [-0.05, 0) is 37.5 Å². The monoisotopic (exact) mass is 373 g/mol. The number of carbonyl (C=O) groups excluding carboxylic acids is 2. The number of nitrogens with one attached hydrogen (secondary N) is 1. The Morgan fingerprint density at radius 2 is 2.27 bits per heavy atom. The van der Waals surface area contributed by atoms with Gasteiger partial charge in [0.25, 0.3) is 0 Å². The highest BCUT2D eigenvalue weighted by atomic mass is 32.1. The first-order chi connectivity index (χ1) is 12.6. The fourth-order valence-electron chi connectivity index (χ4n) is 2.14. The molecule has 3 rings (SSSR count). The van der Waals surface area contributed by atoms with Crippen LogP contribution in [0.2, 0.25) is 0 Å². The quantitative estimate of drug-likeness (QED) is 0.331. The SMILES string of the molecule is CCOC(=O)Cc1csc(NN=Cc2cccc(OC(=O)C3CC3)c2)n1. The van der Waals surface area contributed by atoms with E-state index in [1.54, 1.807) is 36.7 Å². The van der Waals surface area contributed by atoms with Crippen LogP contribution in [0.25, 0.3) is 0 Å². The summed E-state index contributed by atoms with van der Waals surface area (Å²) in [4.78, 5) is 27.4. The molecular weight excluding hydrogens is 354 g/mol. The van der Waals surface area contributed by atoms with Gasteiger partial charge in [-0.3, -0.25) is 15.0 Å². The minimum Gasteiger partial charge on any atom is -0.466 e. The molecule has 0 unspecified atom stereocenters. The van der Waals surface area contributed by atoms with Gasteiger partial charge in [0.1, 0.15) is 5.75 Å². The van der Waals surface area contributed by atoms with Crippen LogP contribution < -0.4 is 10.2 Å². The first kappa shape index (κ1) is 18.1. The predicted molar refractivity (Wildman–Crippen MR) is 98.5 cm³/mol. The zero-order valence-corrected chi connectivity index (χ0v) is 15.1. The number of hydrogen-bond donors (Lipinski definition) is 1. The Labute approximate surface area is 155 Å². The fraction of sp³-hybridized carbons (Fsp3) is 0.333. The number of rotatable bonds is 8. The molecule has 0 amide bonds. The second-order valence-corrected chi connectivity index (χ2v) is 6.62. The Morgan fingerprint density at radius 3 is 3.04 bits per heavy atom. The first-order valence-electron chi connectivity index (χ1n) is 8.35. The molecule has 1 N–H and O–H groups in total. The molecule has 136 valence electrons. The van der Waals surface area contributed by atoms with Crippen molar-refractivity contribution in [3.63, 3.8) is 0 Å². The van der Waals surface area contributed by atoms with E-state index in [1.807, 2.05) is 6.07 Å². The Kier molecular flexibility index (Phi) is 5.96. The van der Waals surface area contributed by atoms with E-state index in [0.29, 0.717) is 23.2 Å². The molecule has 1 aliphatic rings. The van der Waals surface area contributed by atoms with Crippen molar-refractivity contribution >= 4 is 34.6 Å². The Bertz CT molecular complexity index is 814. The molecule has 0 bridgehead atoms. The smallest absolute Gasteiger partial charge is 0.314 e. The molecule has 1 aromatic heterocycles. The summed E-state index contributed by atoms with van der Waals surface area (Å²) in [6.07, 6.45) is 3.58. The molecule has 1 heterocycles. The van der Waals surface area contributed by atoms with Crippen molar-refractivity contribution in [1.29, 1.82) is 0 Å². The van der Waals surface area contributed by atoms with E-state index in [0.717, 1.165) is 18.4 Å². The summed E-state index contributed by atoms with van der Waals surface area (Å²) in [5.74, 6) is 0.0963. The number of aromatic nitrogens is 1. The third kappa shape index (κ3) is 5.38. The van der Waals surface area contributed by atoms with Crippen molar-refractivity contribution in [3.05, 3.63) is 40.9 Å². The molecule has 0 atom stereocenters. The normalized spacial score (nSPS) is 13.6. The summed E-state index contributed by atoms with van der Waals surface area (Å²) in [7, 11) is 0.